The Morgan fingerprint density at radius 2 is 1.92 bits per heavy atom. The van der Waals surface area contributed by atoms with Crippen molar-refractivity contribution in [3.05, 3.63) is 90.1 Å². The highest BCUT2D eigenvalue weighted by Gasteiger charge is 2.05. The van der Waals surface area contributed by atoms with Gasteiger partial charge in [-0.3, -0.25) is 4.98 Å². The summed E-state index contributed by atoms with van der Waals surface area (Å²) in [6.45, 7) is 1.63. The van der Waals surface area contributed by atoms with Crippen LogP contribution in [0, 0.1) is 5.82 Å². The van der Waals surface area contributed by atoms with Gasteiger partial charge in [0, 0.05) is 36.0 Å². The molecule has 4 heteroatoms. The van der Waals surface area contributed by atoms with Crippen LogP contribution in [-0.2, 0) is 13.0 Å². The van der Waals surface area contributed by atoms with E-state index in [9.17, 15) is 4.39 Å². The lowest BCUT2D eigenvalue weighted by Gasteiger charge is -2.07. The molecule has 0 bridgehead atoms. The third-order valence-electron chi connectivity index (χ3n) is 4.55. The van der Waals surface area contributed by atoms with Crippen LogP contribution in [0.15, 0.2) is 73.2 Å². The van der Waals surface area contributed by atoms with Crippen LogP contribution in [0.3, 0.4) is 0 Å². The second-order valence-corrected chi connectivity index (χ2v) is 6.37. The largest absolute Gasteiger partial charge is 0.361 e. The topological polar surface area (TPSA) is 40.7 Å². The molecule has 4 rings (SSSR count). The monoisotopic (exact) mass is 345 g/mol. The summed E-state index contributed by atoms with van der Waals surface area (Å²) >= 11 is 0. The quantitative estimate of drug-likeness (QED) is 0.497. The van der Waals surface area contributed by atoms with Gasteiger partial charge in [0.05, 0.1) is 0 Å². The maximum atomic E-state index is 13.4. The van der Waals surface area contributed by atoms with Gasteiger partial charge < -0.3 is 10.3 Å². The van der Waals surface area contributed by atoms with Crippen LogP contribution in [0.1, 0.15) is 11.1 Å². The van der Waals surface area contributed by atoms with Gasteiger partial charge >= 0.3 is 0 Å². The summed E-state index contributed by atoms with van der Waals surface area (Å²) in [7, 11) is 0. The summed E-state index contributed by atoms with van der Waals surface area (Å²) in [4.78, 5) is 7.38. The number of fused-ring (bicyclic) bond motifs is 1. The molecule has 2 aromatic heterocycles. The molecular weight excluding hydrogens is 325 g/mol. The fraction of sp³-hybridized carbons (Fsp3) is 0.136. The van der Waals surface area contributed by atoms with Crippen molar-refractivity contribution in [3.8, 4) is 11.1 Å². The molecule has 0 saturated heterocycles. The van der Waals surface area contributed by atoms with Gasteiger partial charge in [-0.1, -0.05) is 24.3 Å². The van der Waals surface area contributed by atoms with Gasteiger partial charge in [-0.05, 0) is 65.6 Å². The maximum absolute atomic E-state index is 13.4. The zero-order chi connectivity index (χ0) is 17.8. The molecule has 2 N–H and O–H groups in total. The Balaban J connectivity index is 1.37. The number of pyridine rings is 1. The summed E-state index contributed by atoms with van der Waals surface area (Å²) in [5.74, 6) is -0.196. The molecule has 0 fully saturated rings. The first-order valence-corrected chi connectivity index (χ1v) is 8.75. The van der Waals surface area contributed by atoms with Crippen LogP contribution in [0.2, 0.25) is 0 Å². The predicted molar refractivity (Wildman–Crippen MR) is 103 cm³/mol. The van der Waals surface area contributed by atoms with Crippen molar-refractivity contribution in [2.75, 3.05) is 6.54 Å². The minimum atomic E-state index is -0.196. The predicted octanol–water partition coefficient (Wildman–Crippen LogP) is 4.70. The molecule has 4 aromatic rings. The first-order chi connectivity index (χ1) is 12.8. The van der Waals surface area contributed by atoms with Gasteiger partial charge in [-0.15, -0.1) is 0 Å². The average molecular weight is 345 g/mol. The summed E-state index contributed by atoms with van der Waals surface area (Å²) in [5, 5.41) is 4.44. The maximum Gasteiger partial charge on any atom is 0.123 e. The van der Waals surface area contributed by atoms with Crippen LogP contribution in [-0.4, -0.2) is 16.5 Å². The van der Waals surface area contributed by atoms with E-state index in [2.05, 4.69) is 45.6 Å². The molecule has 0 unspecified atom stereocenters. The van der Waals surface area contributed by atoms with Gasteiger partial charge in [-0.2, -0.15) is 0 Å². The Bertz CT molecular complexity index is 1010. The zero-order valence-electron chi connectivity index (χ0n) is 14.4. The lowest BCUT2D eigenvalue weighted by atomic mass is 10.0. The summed E-state index contributed by atoms with van der Waals surface area (Å²) in [5.41, 5.74) is 5.64. The highest BCUT2D eigenvalue weighted by Crippen LogP contribution is 2.20. The molecule has 0 atom stereocenters. The molecule has 26 heavy (non-hydrogen) atoms. The Morgan fingerprint density at radius 3 is 2.81 bits per heavy atom. The van der Waals surface area contributed by atoms with Gasteiger partial charge in [0.1, 0.15) is 5.82 Å². The number of H-pyrrole nitrogens is 1. The Morgan fingerprint density at radius 1 is 1.00 bits per heavy atom. The third kappa shape index (κ3) is 3.65. The van der Waals surface area contributed by atoms with Crippen LogP contribution in [0.25, 0.3) is 22.0 Å². The van der Waals surface area contributed by atoms with E-state index in [0.717, 1.165) is 41.5 Å². The average Bonchev–Trinajstić information content (AvgIpc) is 3.08. The SMILES string of the molecule is Fc1ccc2[nH]cc(CCNCc3cccc(-c4cccnc4)c3)c2c1. The van der Waals surface area contributed by atoms with Crippen molar-refractivity contribution >= 4 is 10.9 Å². The van der Waals surface area contributed by atoms with Crippen LogP contribution >= 0.6 is 0 Å². The molecule has 2 heterocycles. The number of aromatic nitrogens is 2. The highest BCUT2D eigenvalue weighted by atomic mass is 19.1. The molecule has 0 aliphatic heterocycles. The molecule has 0 spiro atoms. The van der Waals surface area contributed by atoms with E-state index in [1.54, 1.807) is 18.3 Å². The standard InChI is InChI=1S/C22H20FN3/c23-20-6-7-22-21(12-20)19(15-26-22)8-10-25-13-16-3-1-4-17(11-16)18-5-2-9-24-14-18/h1-7,9,11-12,14-15,25-26H,8,10,13H2. The van der Waals surface area contributed by atoms with Gasteiger partial charge in [0.25, 0.3) is 0 Å². The van der Waals surface area contributed by atoms with Crippen molar-refractivity contribution in [2.24, 2.45) is 0 Å². The highest BCUT2D eigenvalue weighted by molar-refractivity contribution is 5.83. The number of nitrogens with one attached hydrogen (secondary N) is 2. The summed E-state index contributed by atoms with van der Waals surface area (Å²) in [6, 6.07) is 17.3. The van der Waals surface area contributed by atoms with Crippen LogP contribution in [0.4, 0.5) is 4.39 Å². The minimum Gasteiger partial charge on any atom is -0.361 e. The van der Waals surface area contributed by atoms with Crippen molar-refractivity contribution in [3.63, 3.8) is 0 Å². The Hall–Kier alpha value is -2.98. The molecular formula is C22H20FN3. The van der Waals surface area contributed by atoms with Crippen molar-refractivity contribution in [1.29, 1.82) is 0 Å². The zero-order valence-corrected chi connectivity index (χ0v) is 14.4. The second-order valence-electron chi connectivity index (χ2n) is 6.37. The number of nitrogens with zero attached hydrogens (tertiary/aromatic N) is 1. The van der Waals surface area contributed by atoms with Crippen LogP contribution < -0.4 is 5.32 Å². The van der Waals surface area contributed by atoms with Gasteiger partial charge in [0.2, 0.25) is 0 Å². The molecule has 0 aliphatic rings. The molecule has 0 saturated carbocycles. The lowest BCUT2D eigenvalue weighted by Crippen LogP contribution is -2.16. The summed E-state index contributed by atoms with van der Waals surface area (Å²) < 4.78 is 13.4. The molecule has 0 amide bonds. The van der Waals surface area contributed by atoms with Gasteiger partial charge in [0.15, 0.2) is 0 Å². The molecule has 0 aliphatic carbocycles. The number of aromatic amines is 1. The molecule has 2 aromatic carbocycles. The molecule has 0 radical (unpaired) electrons. The summed E-state index contributed by atoms with van der Waals surface area (Å²) in [6.07, 6.45) is 6.48. The smallest absolute Gasteiger partial charge is 0.123 e. The van der Waals surface area contributed by atoms with Crippen LogP contribution in [0.5, 0.6) is 0 Å². The third-order valence-corrected chi connectivity index (χ3v) is 4.55. The number of hydrogen-bond acceptors (Lipinski definition) is 2. The molecule has 130 valence electrons. The second kappa shape index (κ2) is 7.50. The van der Waals surface area contributed by atoms with E-state index in [1.807, 2.05) is 18.5 Å². The number of halogens is 1. The van der Waals surface area contributed by atoms with Crippen molar-refractivity contribution in [1.82, 2.24) is 15.3 Å². The van der Waals surface area contributed by atoms with E-state index in [1.165, 1.54) is 17.2 Å². The first-order valence-electron chi connectivity index (χ1n) is 8.75. The fourth-order valence-corrected chi connectivity index (χ4v) is 3.21. The van der Waals surface area contributed by atoms with Crippen molar-refractivity contribution < 1.29 is 4.39 Å². The van der Waals surface area contributed by atoms with E-state index < -0.39 is 0 Å². The number of rotatable bonds is 6. The molecule has 3 nitrogen and oxygen atoms in total. The Labute approximate surface area is 151 Å². The Kier molecular flexibility index (Phi) is 4.75. The van der Waals surface area contributed by atoms with E-state index in [-0.39, 0.29) is 5.82 Å². The van der Waals surface area contributed by atoms with E-state index in [0.29, 0.717) is 0 Å². The van der Waals surface area contributed by atoms with Crippen molar-refractivity contribution in [2.45, 2.75) is 13.0 Å². The minimum absolute atomic E-state index is 0.196. The van der Waals surface area contributed by atoms with E-state index >= 15 is 0 Å². The van der Waals surface area contributed by atoms with Gasteiger partial charge in [-0.25, -0.2) is 4.39 Å². The number of benzene rings is 2. The first kappa shape index (κ1) is 16.5. The normalized spacial score (nSPS) is 11.1. The fourth-order valence-electron chi connectivity index (χ4n) is 3.21. The number of hydrogen-bond donors (Lipinski definition) is 2. The van der Waals surface area contributed by atoms with E-state index in [4.69, 9.17) is 0 Å². The lowest BCUT2D eigenvalue weighted by molar-refractivity contribution is 0.629.